The number of thiophene rings is 1. The van der Waals surface area contributed by atoms with Crippen LogP contribution in [0.2, 0.25) is 0 Å². The van der Waals surface area contributed by atoms with Gasteiger partial charge in [-0.1, -0.05) is 55.5 Å². The van der Waals surface area contributed by atoms with Gasteiger partial charge < -0.3 is 5.32 Å². The maximum Gasteiger partial charge on any atom is 0.0494 e. The number of hydrogen-bond acceptors (Lipinski definition) is 2. The minimum Gasteiger partial charge on any atom is -0.380 e. The summed E-state index contributed by atoms with van der Waals surface area (Å²) in [4.78, 5) is 1.36. The Morgan fingerprint density at radius 2 is 1.67 bits per heavy atom. The predicted octanol–water partition coefficient (Wildman–Crippen LogP) is 5.59. The minimum atomic E-state index is 0.883. The molecular formula is C19H19NS. The van der Waals surface area contributed by atoms with Crippen molar-refractivity contribution in [2.75, 3.05) is 5.32 Å². The number of aryl methyl sites for hydroxylation is 1. The van der Waals surface area contributed by atoms with E-state index in [4.69, 9.17) is 0 Å². The molecule has 0 amide bonds. The highest BCUT2D eigenvalue weighted by Gasteiger charge is 2.03. The average molecular weight is 293 g/mol. The Morgan fingerprint density at radius 3 is 2.48 bits per heavy atom. The lowest BCUT2D eigenvalue weighted by Gasteiger charge is -2.09. The molecule has 1 nitrogen and oxygen atoms in total. The molecule has 0 unspecified atom stereocenters. The molecular weight excluding hydrogens is 274 g/mol. The Hall–Kier alpha value is -2.06. The van der Waals surface area contributed by atoms with E-state index in [1.165, 1.54) is 27.3 Å². The fourth-order valence-electron chi connectivity index (χ4n) is 2.44. The lowest BCUT2D eigenvalue weighted by atomic mass is 10.1. The number of rotatable bonds is 5. The Kier molecular flexibility index (Phi) is 4.37. The van der Waals surface area contributed by atoms with Gasteiger partial charge in [-0.05, 0) is 40.6 Å². The second kappa shape index (κ2) is 6.59. The van der Waals surface area contributed by atoms with Crippen LogP contribution in [-0.4, -0.2) is 0 Å². The highest BCUT2D eigenvalue weighted by Crippen LogP contribution is 2.26. The second-order valence-corrected chi connectivity index (χ2v) is 6.03. The Balaban J connectivity index is 1.71. The summed E-state index contributed by atoms with van der Waals surface area (Å²) in [6.07, 6.45) is 1.06. The molecule has 1 N–H and O–H groups in total. The zero-order valence-electron chi connectivity index (χ0n) is 12.2. The molecule has 2 aromatic carbocycles. The predicted molar refractivity (Wildman–Crippen MR) is 92.9 cm³/mol. The van der Waals surface area contributed by atoms with Crippen LogP contribution in [0.3, 0.4) is 0 Å². The molecule has 1 heterocycles. The SMILES string of the molecule is CCc1ccccc1NCc1cc(-c2ccccc2)cs1. The number of hydrogen-bond donors (Lipinski definition) is 1. The van der Waals surface area contributed by atoms with E-state index in [0.717, 1.165) is 13.0 Å². The molecule has 3 aromatic rings. The molecule has 3 rings (SSSR count). The first-order valence-electron chi connectivity index (χ1n) is 7.31. The van der Waals surface area contributed by atoms with Crippen molar-refractivity contribution in [3.05, 3.63) is 76.5 Å². The van der Waals surface area contributed by atoms with Crippen LogP contribution < -0.4 is 5.32 Å². The van der Waals surface area contributed by atoms with Gasteiger partial charge in [0.05, 0.1) is 0 Å². The van der Waals surface area contributed by atoms with Gasteiger partial charge in [0.25, 0.3) is 0 Å². The maximum absolute atomic E-state index is 3.56. The summed E-state index contributed by atoms with van der Waals surface area (Å²) in [5.74, 6) is 0. The fourth-order valence-corrected chi connectivity index (χ4v) is 3.27. The van der Waals surface area contributed by atoms with Gasteiger partial charge in [-0.3, -0.25) is 0 Å². The van der Waals surface area contributed by atoms with Crippen molar-refractivity contribution >= 4 is 17.0 Å². The van der Waals surface area contributed by atoms with Gasteiger partial charge in [-0.25, -0.2) is 0 Å². The van der Waals surface area contributed by atoms with E-state index in [-0.39, 0.29) is 0 Å². The van der Waals surface area contributed by atoms with Crippen molar-refractivity contribution in [3.63, 3.8) is 0 Å². The van der Waals surface area contributed by atoms with E-state index in [1.807, 2.05) is 11.3 Å². The molecule has 0 aliphatic rings. The van der Waals surface area contributed by atoms with Crippen LogP contribution in [0.15, 0.2) is 66.0 Å². The smallest absolute Gasteiger partial charge is 0.0494 e. The Labute approximate surface area is 130 Å². The first kappa shape index (κ1) is 13.9. The first-order valence-corrected chi connectivity index (χ1v) is 8.19. The molecule has 0 radical (unpaired) electrons. The van der Waals surface area contributed by atoms with Crippen molar-refractivity contribution in [2.45, 2.75) is 19.9 Å². The van der Waals surface area contributed by atoms with Crippen LogP contribution in [0.4, 0.5) is 5.69 Å². The molecule has 21 heavy (non-hydrogen) atoms. The average Bonchev–Trinajstić information content (AvgIpc) is 3.03. The van der Waals surface area contributed by atoms with Gasteiger partial charge >= 0.3 is 0 Å². The van der Waals surface area contributed by atoms with Crippen molar-refractivity contribution in [1.82, 2.24) is 0 Å². The monoisotopic (exact) mass is 293 g/mol. The van der Waals surface area contributed by atoms with E-state index >= 15 is 0 Å². The quantitative estimate of drug-likeness (QED) is 0.646. The maximum atomic E-state index is 3.56. The summed E-state index contributed by atoms with van der Waals surface area (Å²) >= 11 is 1.81. The summed E-state index contributed by atoms with van der Waals surface area (Å²) < 4.78 is 0. The fraction of sp³-hybridized carbons (Fsp3) is 0.158. The number of para-hydroxylation sites is 1. The van der Waals surface area contributed by atoms with Crippen LogP contribution in [0, 0.1) is 0 Å². The zero-order valence-corrected chi connectivity index (χ0v) is 13.0. The van der Waals surface area contributed by atoms with Gasteiger partial charge in [-0.2, -0.15) is 0 Å². The molecule has 106 valence electrons. The van der Waals surface area contributed by atoms with Crippen LogP contribution in [-0.2, 0) is 13.0 Å². The second-order valence-electron chi connectivity index (χ2n) is 5.03. The third-order valence-electron chi connectivity index (χ3n) is 3.61. The van der Waals surface area contributed by atoms with Crippen molar-refractivity contribution in [1.29, 1.82) is 0 Å². The highest BCUT2D eigenvalue weighted by atomic mass is 32.1. The molecule has 2 heteroatoms. The topological polar surface area (TPSA) is 12.0 Å². The summed E-state index contributed by atoms with van der Waals surface area (Å²) in [7, 11) is 0. The molecule has 0 atom stereocenters. The normalized spacial score (nSPS) is 10.5. The molecule has 0 spiro atoms. The summed E-state index contributed by atoms with van der Waals surface area (Å²) in [5.41, 5.74) is 5.21. The van der Waals surface area contributed by atoms with Crippen LogP contribution in [0.1, 0.15) is 17.4 Å². The Morgan fingerprint density at radius 1 is 0.905 bits per heavy atom. The first-order chi connectivity index (χ1) is 10.4. The summed E-state index contributed by atoms with van der Waals surface area (Å²) in [6, 6.07) is 21.4. The van der Waals surface area contributed by atoms with E-state index in [2.05, 4.69) is 78.3 Å². The molecule has 1 aromatic heterocycles. The van der Waals surface area contributed by atoms with Crippen molar-refractivity contribution < 1.29 is 0 Å². The van der Waals surface area contributed by atoms with Gasteiger partial charge in [0.15, 0.2) is 0 Å². The van der Waals surface area contributed by atoms with Gasteiger partial charge in [-0.15, -0.1) is 11.3 Å². The standard InChI is InChI=1S/C19H19NS/c1-2-15-8-6-7-11-19(15)20-13-18-12-17(14-21-18)16-9-4-3-5-10-16/h3-12,14,20H,2,13H2,1H3. The van der Waals surface area contributed by atoms with E-state index in [1.54, 1.807) is 0 Å². The molecule has 0 saturated heterocycles. The molecule has 0 bridgehead atoms. The van der Waals surface area contributed by atoms with E-state index in [0.29, 0.717) is 0 Å². The van der Waals surface area contributed by atoms with Crippen molar-refractivity contribution in [3.8, 4) is 11.1 Å². The highest BCUT2D eigenvalue weighted by molar-refractivity contribution is 7.10. The van der Waals surface area contributed by atoms with Gasteiger partial charge in [0.1, 0.15) is 0 Å². The molecule has 0 aliphatic carbocycles. The van der Waals surface area contributed by atoms with Crippen molar-refractivity contribution in [2.24, 2.45) is 0 Å². The molecule has 0 aliphatic heterocycles. The minimum absolute atomic E-state index is 0.883. The van der Waals surface area contributed by atoms with Crippen LogP contribution in [0.25, 0.3) is 11.1 Å². The van der Waals surface area contributed by atoms with Crippen LogP contribution >= 0.6 is 11.3 Å². The lowest BCUT2D eigenvalue weighted by Crippen LogP contribution is -2.00. The molecule has 0 fully saturated rings. The Bertz CT molecular complexity index is 700. The third-order valence-corrected chi connectivity index (χ3v) is 4.55. The zero-order chi connectivity index (χ0) is 14.5. The van der Waals surface area contributed by atoms with Crippen LogP contribution in [0.5, 0.6) is 0 Å². The summed E-state index contributed by atoms with van der Waals surface area (Å²) in [5, 5.41) is 5.79. The number of nitrogens with one attached hydrogen (secondary N) is 1. The van der Waals surface area contributed by atoms with E-state index in [9.17, 15) is 0 Å². The lowest BCUT2D eigenvalue weighted by molar-refractivity contribution is 1.11. The molecule has 0 saturated carbocycles. The number of anilines is 1. The third kappa shape index (κ3) is 3.34. The van der Waals surface area contributed by atoms with E-state index < -0.39 is 0 Å². The number of benzene rings is 2. The summed E-state index contributed by atoms with van der Waals surface area (Å²) in [6.45, 7) is 3.08. The van der Waals surface area contributed by atoms with Gasteiger partial charge in [0, 0.05) is 17.1 Å². The largest absolute Gasteiger partial charge is 0.380 e. The van der Waals surface area contributed by atoms with Gasteiger partial charge in [0.2, 0.25) is 0 Å².